The van der Waals surface area contributed by atoms with Gasteiger partial charge in [0.15, 0.2) is 5.13 Å². The molecule has 0 unspecified atom stereocenters. The highest BCUT2D eigenvalue weighted by Gasteiger charge is 2.23. The van der Waals surface area contributed by atoms with E-state index in [1.807, 2.05) is 26.0 Å². The Kier molecular flexibility index (Phi) is 5.27. The first kappa shape index (κ1) is 19.8. The molecule has 0 atom stereocenters. The molecular formula is C18H18ClN3O3S2. The van der Waals surface area contributed by atoms with E-state index in [-0.39, 0.29) is 15.5 Å². The van der Waals surface area contributed by atoms with Gasteiger partial charge in [0.05, 0.1) is 15.2 Å². The van der Waals surface area contributed by atoms with Crippen molar-refractivity contribution in [3.63, 3.8) is 0 Å². The van der Waals surface area contributed by atoms with Crippen LogP contribution in [-0.2, 0) is 10.0 Å². The molecule has 6 nitrogen and oxygen atoms in total. The number of amides is 1. The molecule has 1 amide bonds. The molecule has 0 fully saturated rings. The lowest BCUT2D eigenvalue weighted by atomic mass is 10.1. The van der Waals surface area contributed by atoms with Gasteiger partial charge in [-0.15, -0.1) is 0 Å². The number of hydrogen-bond acceptors (Lipinski definition) is 5. The molecule has 1 N–H and O–H groups in total. The summed E-state index contributed by atoms with van der Waals surface area (Å²) in [4.78, 5) is 17.0. The van der Waals surface area contributed by atoms with E-state index < -0.39 is 15.9 Å². The van der Waals surface area contributed by atoms with Gasteiger partial charge in [0.1, 0.15) is 4.90 Å². The number of thiazole rings is 1. The minimum atomic E-state index is -3.76. The van der Waals surface area contributed by atoms with Crippen LogP contribution in [0.3, 0.4) is 0 Å². The number of rotatable bonds is 4. The third-order valence-corrected chi connectivity index (χ3v) is 7.22. The van der Waals surface area contributed by atoms with Crippen LogP contribution in [0, 0.1) is 13.8 Å². The molecule has 0 aliphatic carbocycles. The first-order chi connectivity index (χ1) is 12.6. The molecule has 0 saturated heterocycles. The Balaban J connectivity index is 1.94. The van der Waals surface area contributed by atoms with Crippen molar-refractivity contribution >= 4 is 54.2 Å². The number of fused-ring (bicyclic) bond motifs is 1. The van der Waals surface area contributed by atoms with Crippen LogP contribution in [0.25, 0.3) is 10.2 Å². The highest BCUT2D eigenvalue weighted by molar-refractivity contribution is 7.89. The van der Waals surface area contributed by atoms with Crippen LogP contribution in [0.5, 0.6) is 0 Å². The van der Waals surface area contributed by atoms with Crippen LogP contribution in [0.15, 0.2) is 35.2 Å². The Bertz CT molecular complexity index is 1150. The molecule has 3 aromatic rings. The van der Waals surface area contributed by atoms with E-state index >= 15 is 0 Å². The molecule has 9 heteroatoms. The predicted molar refractivity (Wildman–Crippen MR) is 109 cm³/mol. The monoisotopic (exact) mass is 423 g/mol. The fraction of sp³-hybridized carbons (Fsp3) is 0.222. The van der Waals surface area contributed by atoms with Gasteiger partial charge in [0, 0.05) is 19.7 Å². The van der Waals surface area contributed by atoms with E-state index in [2.05, 4.69) is 10.3 Å². The van der Waals surface area contributed by atoms with Crippen molar-refractivity contribution in [2.75, 3.05) is 19.4 Å². The minimum absolute atomic E-state index is 0.0614. The van der Waals surface area contributed by atoms with Crippen LogP contribution in [-0.4, -0.2) is 37.7 Å². The van der Waals surface area contributed by atoms with Crippen LogP contribution in [0.2, 0.25) is 5.02 Å². The van der Waals surface area contributed by atoms with Gasteiger partial charge in [0.25, 0.3) is 5.91 Å². The summed E-state index contributed by atoms with van der Waals surface area (Å²) >= 11 is 7.40. The molecule has 1 heterocycles. The summed E-state index contributed by atoms with van der Waals surface area (Å²) in [5.74, 6) is -0.449. The Labute approximate surface area is 166 Å². The van der Waals surface area contributed by atoms with Gasteiger partial charge in [-0.1, -0.05) is 29.0 Å². The summed E-state index contributed by atoms with van der Waals surface area (Å²) in [6.45, 7) is 3.98. The molecule has 0 spiro atoms. The number of carbonyl (C=O) groups is 1. The fourth-order valence-corrected chi connectivity index (χ4v) is 5.06. The Morgan fingerprint density at radius 3 is 2.56 bits per heavy atom. The lowest BCUT2D eigenvalue weighted by Crippen LogP contribution is -2.23. The van der Waals surface area contributed by atoms with Crippen molar-refractivity contribution < 1.29 is 13.2 Å². The zero-order valence-electron chi connectivity index (χ0n) is 15.2. The maximum absolute atomic E-state index is 12.6. The third kappa shape index (κ3) is 3.84. The third-order valence-electron chi connectivity index (χ3n) is 4.00. The van der Waals surface area contributed by atoms with Crippen LogP contribution < -0.4 is 5.32 Å². The van der Waals surface area contributed by atoms with Gasteiger partial charge >= 0.3 is 0 Å². The molecule has 0 aliphatic heterocycles. The number of hydrogen-bond donors (Lipinski definition) is 1. The van der Waals surface area contributed by atoms with Crippen molar-refractivity contribution in [2.24, 2.45) is 0 Å². The number of aromatic nitrogens is 1. The van der Waals surface area contributed by atoms with Gasteiger partial charge < -0.3 is 0 Å². The van der Waals surface area contributed by atoms with Gasteiger partial charge in [-0.25, -0.2) is 17.7 Å². The fourth-order valence-electron chi connectivity index (χ4n) is 2.63. The number of halogens is 1. The number of nitrogens with zero attached hydrogens (tertiary/aromatic N) is 2. The van der Waals surface area contributed by atoms with E-state index in [4.69, 9.17) is 11.6 Å². The summed E-state index contributed by atoms with van der Waals surface area (Å²) in [6, 6.07) is 8.20. The first-order valence-corrected chi connectivity index (χ1v) is 10.6. The van der Waals surface area contributed by atoms with E-state index in [1.54, 1.807) is 0 Å². The lowest BCUT2D eigenvalue weighted by molar-refractivity contribution is 0.102. The molecule has 0 radical (unpaired) electrons. The second-order valence-electron chi connectivity index (χ2n) is 6.33. The van der Waals surface area contributed by atoms with Crippen LogP contribution >= 0.6 is 22.9 Å². The molecule has 0 bridgehead atoms. The van der Waals surface area contributed by atoms with Crippen molar-refractivity contribution in [1.82, 2.24) is 9.29 Å². The Morgan fingerprint density at radius 1 is 1.19 bits per heavy atom. The van der Waals surface area contributed by atoms with Gasteiger partial charge in [-0.05, 0) is 49.2 Å². The normalized spacial score (nSPS) is 11.9. The average Bonchev–Trinajstić information content (AvgIpc) is 2.97. The van der Waals surface area contributed by atoms with E-state index in [0.29, 0.717) is 5.13 Å². The number of sulfonamides is 1. The zero-order chi connectivity index (χ0) is 19.9. The van der Waals surface area contributed by atoms with Crippen molar-refractivity contribution in [3.8, 4) is 0 Å². The Hall–Kier alpha value is -2.00. The number of nitrogens with one attached hydrogen (secondary N) is 1. The quantitative estimate of drug-likeness (QED) is 0.686. The summed E-state index contributed by atoms with van der Waals surface area (Å²) < 4.78 is 26.8. The summed E-state index contributed by atoms with van der Waals surface area (Å²) in [6.07, 6.45) is 0. The largest absolute Gasteiger partial charge is 0.298 e. The van der Waals surface area contributed by atoms with Crippen molar-refractivity contribution in [1.29, 1.82) is 0 Å². The van der Waals surface area contributed by atoms with Crippen LogP contribution in [0.1, 0.15) is 21.5 Å². The molecule has 2 aromatic carbocycles. The molecule has 1 aromatic heterocycles. The summed E-state index contributed by atoms with van der Waals surface area (Å²) in [7, 11) is -0.946. The second kappa shape index (κ2) is 7.20. The molecule has 0 aliphatic rings. The SMILES string of the molecule is Cc1cc(C)c2nc(NC(=O)c3ccc(Cl)c(S(=O)(=O)N(C)C)c3)sc2c1. The van der Waals surface area contributed by atoms with Gasteiger partial charge in [-0.3, -0.25) is 10.1 Å². The van der Waals surface area contributed by atoms with Crippen molar-refractivity contribution in [3.05, 3.63) is 52.0 Å². The summed E-state index contributed by atoms with van der Waals surface area (Å²) in [5.41, 5.74) is 3.19. The second-order valence-corrected chi connectivity index (χ2v) is 9.89. The van der Waals surface area contributed by atoms with Crippen LogP contribution in [0.4, 0.5) is 5.13 Å². The smallest absolute Gasteiger partial charge is 0.257 e. The molecule has 0 saturated carbocycles. The van der Waals surface area contributed by atoms with E-state index in [1.165, 1.54) is 43.6 Å². The number of benzene rings is 2. The highest BCUT2D eigenvalue weighted by atomic mass is 35.5. The standard InChI is InChI=1S/C18H18ClN3O3S2/c1-10-7-11(2)16-14(8-10)26-18(20-16)21-17(23)12-5-6-13(19)15(9-12)27(24,25)22(3)4/h5-9H,1-4H3,(H,20,21,23). The highest BCUT2D eigenvalue weighted by Crippen LogP contribution is 2.30. The van der Waals surface area contributed by atoms with E-state index in [0.717, 1.165) is 25.6 Å². The number of aryl methyl sites for hydroxylation is 2. The molecule has 3 rings (SSSR count). The molecule has 142 valence electrons. The number of anilines is 1. The molecule has 27 heavy (non-hydrogen) atoms. The molecular weight excluding hydrogens is 406 g/mol. The van der Waals surface area contributed by atoms with E-state index in [9.17, 15) is 13.2 Å². The number of carbonyl (C=O) groups excluding carboxylic acids is 1. The zero-order valence-corrected chi connectivity index (χ0v) is 17.6. The van der Waals surface area contributed by atoms with Gasteiger partial charge in [-0.2, -0.15) is 0 Å². The average molecular weight is 424 g/mol. The lowest BCUT2D eigenvalue weighted by Gasteiger charge is -2.13. The predicted octanol–water partition coefficient (Wildman–Crippen LogP) is 4.07. The minimum Gasteiger partial charge on any atom is -0.298 e. The topological polar surface area (TPSA) is 79.4 Å². The first-order valence-electron chi connectivity index (χ1n) is 8.01. The maximum Gasteiger partial charge on any atom is 0.257 e. The Morgan fingerprint density at radius 2 is 1.89 bits per heavy atom. The van der Waals surface area contributed by atoms with Crippen molar-refractivity contribution in [2.45, 2.75) is 18.7 Å². The van der Waals surface area contributed by atoms with Gasteiger partial charge in [0.2, 0.25) is 10.0 Å². The maximum atomic E-state index is 12.6. The summed E-state index contributed by atoms with van der Waals surface area (Å²) in [5, 5.41) is 3.25.